The summed E-state index contributed by atoms with van der Waals surface area (Å²) in [6.07, 6.45) is 0. The van der Waals surface area contributed by atoms with Crippen LogP contribution in [0.1, 0.15) is 131 Å². The Morgan fingerprint density at radius 2 is 0.886 bits per heavy atom. The van der Waals surface area contributed by atoms with Crippen LogP contribution in [0.3, 0.4) is 0 Å². The lowest BCUT2D eigenvalue weighted by molar-refractivity contribution is 0.567. The van der Waals surface area contributed by atoms with E-state index in [0.717, 1.165) is 0 Å². The minimum Gasteiger partial charge on any atom is -0.309 e. The van der Waals surface area contributed by atoms with Gasteiger partial charge in [0.2, 0.25) is 0 Å². The SMILES string of the molecule is CC(C)c1cccc2c1c1c(-c3cc(C(C)(C)C)cc(C(C)(C)C)c3)cccc1n2-c1cc(C(C)(C)C)cc(C(C)(C)C)c1. The van der Waals surface area contributed by atoms with E-state index in [-0.39, 0.29) is 21.7 Å². The Labute approximate surface area is 267 Å². The summed E-state index contributed by atoms with van der Waals surface area (Å²) in [6, 6.07) is 28.5. The van der Waals surface area contributed by atoms with Crippen LogP contribution in [0.5, 0.6) is 0 Å². The number of benzene rings is 4. The summed E-state index contributed by atoms with van der Waals surface area (Å²) in [5.41, 5.74) is 13.6. The topological polar surface area (TPSA) is 4.93 Å². The van der Waals surface area contributed by atoms with Crippen molar-refractivity contribution >= 4 is 21.8 Å². The molecule has 0 spiro atoms. The molecular formula is C43H55N. The van der Waals surface area contributed by atoms with Gasteiger partial charge in [-0.1, -0.05) is 145 Å². The summed E-state index contributed by atoms with van der Waals surface area (Å²) in [4.78, 5) is 0. The van der Waals surface area contributed by atoms with E-state index in [4.69, 9.17) is 0 Å². The molecule has 5 aromatic rings. The van der Waals surface area contributed by atoms with Gasteiger partial charge in [0.05, 0.1) is 11.0 Å². The molecule has 0 aliphatic carbocycles. The largest absolute Gasteiger partial charge is 0.309 e. The standard InChI is InChI=1S/C43H55N/c1-27(2)34-17-15-19-36-38(34)39-35(28-21-29(40(3,4)5)23-30(22-28)41(6,7)8)18-16-20-37(39)44(36)33-25-31(42(9,10)11)24-32(26-33)43(12,13)14/h15-27H,1-14H3. The third-order valence-electron chi connectivity index (χ3n) is 9.36. The van der Waals surface area contributed by atoms with Crippen molar-refractivity contribution in [3.8, 4) is 16.8 Å². The highest BCUT2D eigenvalue weighted by Gasteiger charge is 2.26. The lowest BCUT2D eigenvalue weighted by atomic mass is 9.78. The molecule has 5 rings (SSSR count). The van der Waals surface area contributed by atoms with Crippen LogP contribution in [-0.2, 0) is 21.7 Å². The Balaban J connectivity index is 1.97. The first-order valence-electron chi connectivity index (χ1n) is 16.6. The molecule has 1 aromatic heterocycles. The highest BCUT2D eigenvalue weighted by atomic mass is 15.0. The molecular weight excluding hydrogens is 530 g/mol. The predicted octanol–water partition coefficient (Wildman–Crippen LogP) is 12.8. The van der Waals surface area contributed by atoms with Gasteiger partial charge in [-0.15, -0.1) is 0 Å². The number of fused-ring (bicyclic) bond motifs is 3. The summed E-state index contributed by atoms with van der Waals surface area (Å²) in [5, 5.41) is 2.74. The third kappa shape index (κ3) is 5.88. The van der Waals surface area contributed by atoms with Gasteiger partial charge in [-0.05, 0) is 90.8 Å². The van der Waals surface area contributed by atoms with E-state index in [2.05, 4.69) is 174 Å². The Kier molecular flexibility index (Phi) is 7.76. The molecule has 0 radical (unpaired) electrons. The van der Waals surface area contributed by atoms with E-state index in [1.165, 1.54) is 66.4 Å². The van der Waals surface area contributed by atoms with Crippen molar-refractivity contribution in [1.82, 2.24) is 4.57 Å². The molecule has 0 fully saturated rings. The Morgan fingerprint density at radius 3 is 1.32 bits per heavy atom. The van der Waals surface area contributed by atoms with Gasteiger partial charge in [-0.3, -0.25) is 0 Å². The van der Waals surface area contributed by atoms with Crippen molar-refractivity contribution in [2.45, 2.75) is 125 Å². The minimum atomic E-state index is 0.0414. The van der Waals surface area contributed by atoms with Crippen molar-refractivity contribution in [3.05, 3.63) is 101 Å². The van der Waals surface area contributed by atoms with Gasteiger partial charge >= 0.3 is 0 Å². The van der Waals surface area contributed by atoms with Gasteiger partial charge in [0, 0.05) is 16.5 Å². The predicted molar refractivity (Wildman–Crippen MR) is 195 cm³/mol. The van der Waals surface area contributed by atoms with Crippen LogP contribution in [0.4, 0.5) is 0 Å². The molecule has 4 aromatic carbocycles. The van der Waals surface area contributed by atoms with Crippen LogP contribution in [-0.4, -0.2) is 4.57 Å². The summed E-state index contributed by atoms with van der Waals surface area (Å²) < 4.78 is 2.54. The van der Waals surface area contributed by atoms with Crippen LogP contribution >= 0.6 is 0 Å². The molecule has 44 heavy (non-hydrogen) atoms. The zero-order chi connectivity index (χ0) is 32.6. The van der Waals surface area contributed by atoms with E-state index in [1.54, 1.807) is 0 Å². The van der Waals surface area contributed by atoms with E-state index in [0.29, 0.717) is 5.92 Å². The zero-order valence-electron chi connectivity index (χ0n) is 30.0. The molecule has 0 aliphatic rings. The van der Waals surface area contributed by atoms with Crippen molar-refractivity contribution in [2.24, 2.45) is 0 Å². The normalized spacial score (nSPS) is 13.4. The summed E-state index contributed by atoms with van der Waals surface area (Å²) in [5.74, 6) is 0.405. The van der Waals surface area contributed by atoms with Gasteiger partial charge in [-0.25, -0.2) is 0 Å². The molecule has 0 unspecified atom stereocenters. The first-order chi connectivity index (χ1) is 20.2. The highest BCUT2D eigenvalue weighted by Crippen LogP contribution is 2.44. The maximum absolute atomic E-state index is 2.54. The zero-order valence-corrected chi connectivity index (χ0v) is 30.0. The number of aromatic nitrogens is 1. The van der Waals surface area contributed by atoms with Gasteiger partial charge in [-0.2, -0.15) is 0 Å². The molecule has 0 bridgehead atoms. The van der Waals surface area contributed by atoms with Crippen molar-refractivity contribution in [2.75, 3.05) is 0 Å². The minimum absolute atomic E-state index is 0.0414. The van der Waals surface area contributed by atoms with Crippen molar-refractivity contribution in [3.63, 3.8) is 0 Å². The number of hydrogen-bond acceptors (Lipinski definition) is 0. The Hall–Kier alpha value is -3.32. The monoisotopic (exact) mass is 585 g/mol. The first-order valence-corrected chi connectivity index (χ1v) is 16.6. The number of nitrogens with zero attached hydrogens (tertiary/aromatic N) is 1. The van der Waals surface area contributed by atoms with Crippen LogP contribution in [0.2, 0.25) is 0 Å². The van der Waals surface area contributed by atoms with Crippen LogP contribution in [0, 0.1) is 0 Å². The molecule has 0 aliphatic heterocycles. The fourth-order valence-corrected chi connectivity index (χ4v) is 6.39. The molecule has 0 atom stereocenters. The fourth-order valence-electron chi connectivity index (χ4n) is 6.39. The number of hydrogen-bond donors (Lipinski definition) is 0. The highest BCUT2D eigenvalue weighted by molar-refractivity contribution is 6.17. The van der Waals surface area contributed by atoms with Gasteiger partial charge in [0.25, 0.3) is 0 Å². The maximum Gasteiger partial charge on any atom is 0.0547 e. The average molecular weight is 586 g/mol. The molecule has 1 heteroatoms. The Bertz CT molecular complexity index is 1780. The average Bonchev–Trinajstić information content (AvgIpc) is 3.25. The third-order valence-corrected chi connectivity index (χ3v) is 9.36. The van der Waals surface area contributed by atoms with Crippen molar-refractivity contribution < 1.29 is 0 Å². The Morgan fingerprint density at radius 1 is 0.477 bits per heavy atom. The summed E-state index contributed by atoms with van der Waals surface area (Å²) in [6.45, 7) is 32.6. The van der Waals surface area contributed by atoms with Crippen LogP contribution in [0.15, 0.2) is 72.8 Å². The van der Waals surface area contributed by atoms with Crippen LogP contribution in [0.25, 0.3) is 38.6 Å². The van der Waals surface area contributed by atoms with Gasteiger partial charge in [0.15, 0.2) is 0 Å². The second-order valence-corrected chi connectivity index (χ2v) is 17.5. The lowest BCUT2D eigenvalue weighted by Gasteiger charge is -2.27. The van der Waals surface area contributed by atoms with Crippen LogP contribution < -0.4 is 0 Å². The second-order valence-electron chi connectivity index (χ2n) is 17.5. The van der Waals surface area contributed by atoms with Gasteiger partial charge < -0.3 is 4.57 Å². The van der Waals surface area contributed by atoms with E-state index >= 15 is 0 Å². The van der Waals surface area contributed by atoms with E-state index in [1.807, 2.05) is 0 Å². The molecule has 0 saturated carbocycles. The summed E-state index contributed by atoms with van der Waals surface area (Å²) >= 11 is 0. The maximum atomic E-state index is 2.54. The second kappa shape index (κ2) is 10.6. The fraction of sp³-hybridized carbons (Fsp3) is 0.442. The summed E-state index contributed by atoms with van der Waals surface area (Å²) in [7, 11) is 0. The quantitative estimate of drug-likeness (QED) is 0.198. The molecule has 0 amide bonds. The first kappa shape index (κ1) is 32.1. The van der Waals surface area contributed by atoms with Gasteiger partial charge in [0.1, 0.15) is 0 Å². The van der Waals surface area contributed by atoms with Crippen molar-refractivity contribution in [1.29, 1.82) is 0 Å². The number of rotatable bonds is 3. The molecule has 0 N–H and O–H groups in total. The molecule has 1 heterocycles. The smallest absolute Gasteiger partial charge is 0.0547 e. The lowest BCUT2D eigenvalue weighted by Crippen LogP contribution is -2.17. The molecule has 232 valence electrons. The van der Waals surface area contributed by atoms with E-state index < -0.39 is 0 Å². The molecule has 1 nitrogen and oxygen atoms in total. The molecule has 0 saturated heterocycles. The van der Waals surface area contributed by atoms with E-state index in [9.17, 15) is 0 Å².